The summed E-state index contributed by atoms with van der Waals surface area (Å²) in [6, 6.07) is 0. The largest absolute Gasteiger partial charge is 0.394 e. The van der Waals surface area contributed by atoms with Gasteiger partial charge in [0.05, 0.1) is 39.1 Å². The average Bonchev–Trinajstić information content (AvgIpc) is 1.96. The van der Waals surface area contributed by atoms with Crippen LogP contribution < -0.4 is 0 Å². The molecule has 0 bridgehead atoms. The number of hydrogen-bond donors (Lipinski definition) is 2. The zero-order valence-electron chi connectivity index (χ0n) is 6.82. The van der Waals surface area contributed by atoms with E-state index in [0.29, 0.717) is 26.4 Å². The maximum Gasteiger partial charge on any atom is 0.0745 e. The lowest BCUT2D eigenvalue weighted by molar-refractivity contribution is 0.00292. The van der Waals surface area contributed by atoms with Gasteiger partial charge in [-0.2, -0.15) is 0 Å². The van der Waals surface area contributed by atoms with E-state index in [0.717, 1.165) is 0 Å². The van der Waals surface area contributed by atoms with Crippen molar-refractivity contribution in [3.8, 4) is 0 Å². The molecule has 11 heavy (non-hydrogen) atoms. The van der Waals surface area contributed by atoms with Crippen LogP contribution in [0.15, 0.2) is 0 Å². The van der Waals surface area contributed by atoms with E-state index in [-0.39, 0.29) is 6.61 Å². The zero-order valence-corrected chi connectivity index (χ0v) is 6.82. The van der Waals surface area contributed by atoms with Gasteiger partial charge in [-0.3, -0.25) is 0 Å². The first-order valence-electron chi connectivity index (χ1n) is 3.71. The van der Waals surface area contributed by atoms with Crippen molar-refractivity contribution in [2.24, 2.45) is 0 Å². The summed E-state index contributed by atoms with van der Waals surface area (Å²) in [6.07, 6.45) is -0.423. The van der Waals surface area contributed by atoms with E-state index in [1.807, 2.05) is 0 Å². The Hall–Kier alpha value is -0.160. The molecule has 0 aliphatic carbocycles. The molecule has 4 nitrogen and oxygen atoms in total. The maximum atomic E-state index is 8.75. The summed E-state index contributed by atoms with van der Waals surface area (Å²) in [5.41, 5.74) is 0. The van der Waals surface area contributed by atoms with E-state index in [9.17, 15) is 0 Å². The Kier molecular flexibility index (Phi) is 7.83. The van der Waals surface area contributed by atoms with Gasteiger partial charge in [-0.05, 0) is 6.92 Å². The Morgan fingerprint density at radius 3 is 2.36 bits per heavy atom. The molecule has 0 amide bonds. The summed E-state index contributed by atoms with van der Waals surface area (Å²) in [5, 5.41) is 17.1. The number of aliphatic hydroxyl groups excluding tert-OH is 2. The van der Waals surface area contributed by atoms with Gasteiger partial charge in [-0.25, -0.2) is 0 Å². The maximum absolute atomic E-state index is 8.75. The predicted octanol–water partition coefficient (Wildman–Crippen LogP) is -0.607. The van der Waals surface area contributed by atoms with E-state index >= 15 is 0 Å². The SMILES string of the molecule is CC(O)COCCOCCO. The van der Waals surface area contributed by atoms with Gasteiger partial charge in [-0.15, -0.1) is 0 Å². The van der Waals surface area contributed by atoms with Crippen molar-refractivity contribution in [2.45, 2.75) is 13.0 Å². The Morgan fingerprint density at radius 1 is 1.18 bits per heavy atom. The second kappa shape index (κ2) is 7.94. The third-order valence-corrected chi connectivity index (χ3v) is 0.967. The van der Waals surface area contributed by atoms with Gasteiger partial charge in [0.25, 0.3) is 0 Å². The van der Waals surface area contributed by atoms with Gasteiger partial charge in [0.1, 0.15) is 0 Å². The van der Waals surface area contributed by atoms with Crippen LogP contribution in [0.5, 0.6) is 0 Å². The molecule has 1 unspecified atom stereocenters. The molecule has 0 spiro atoms. The first-order valence-corrected chi connectivity index (χ1v) is 3.71. The summed E-state index contributed by atoms with van der Waals surface area (Å²) >= 11 is 0. The third kappa shape index (κ3) is 9.84. The second-order valence-electron chi connectivity index (χ2n) is 2.26. The van der Waals surface area contributed by atoms with Gasteiger partial charge in [0, 0.05) is 0 Å². The van der Waals surface area contributed by atoms with Crippen LogP contribution in [-0.4, -0.2) is 49.4 Å². The summed E-state index contributed by atoms with van der Waals surface area (Å²) in [4.78, 5) is 0. The lowest BCUT2D eigenvalue weighted by Gasteiger charge is -2.05. The summed E-state index contributed by atoms with van der Waals surface area (Å²) < 4.78 is 9.89. The van der Waals surface area contributed by atoms with Gasteiger partial charge in [0.2, 0.25) is 0 Å². The molecule has 0 saturated carbocycles. The topological polar surface area (TPSA) is 58.9 Å². The fraction of sp³-hybridized carbons (Fsp3) is 1.00. The minimum absolute atomic E-state index is 0.0381. The Balaban J connectivity index is 2.80. The Labute approximate surface area is 66.7 Å². The normalized spacial score (nSPS) is 13.4. The fourth-order valence-corrected chi connectivity index (χ4v) is 0.538. The highest BCUT2D eigenvalue weighted by Gasteiger charge is 1.94. The third-order valence-electron chi connectivity index (χ3n) is 0.967. The summed E-state index contributed by atoms with van der Waals surface area (Å²) in [7, 11) is 0. The molecule has 0 aliphatic heterocycles. The Morgan fingerprint density at radius 2 is 1.82 bits per heavy atom. The minimum atomic E-state index is -0.423. The number of hydrogen-bond acceptors (Lipinski definition) is 4. The van der Waals surface area contributed by atoms with Gasteiger partial charge >= 0.3 is 0 Å². The van der Waals surface area contributed by atoms with Gasteiger partial charge < -0.3 is 19.7 Å². The lowest BCUT2D eigenvalue weighted by atomic mass is 10.4. The van der Waals surface area contributed by atoms with Crippen LogP contribution >= 0.6 is 0 Å². The standard InChI is InChI=1S/C7H16O4/c1-7(9)6-11-5-4-10-3-2-8/h7-9H,2-6H2,1H3. The first kappa shape index (κ1) is 10.8. The van der Waals surface area contributed by atoms with Crippen molar-refractivity contribution in [1.82, 2.24) is 0 Å². The second-order valence-corrected chi connectivity index (χ2v) is 2.26. The lowest BCUT2D eigenvalue weighted by Crippen LogP contribution is -2.14. The van der Waals surface area contributed by atoms with Crippen LogP contribution in [0.1, 0.15) is 6.92 Å². The van der Waals surface area contributed by atoms with E-state index in [2.05, 4.69) is 0 Å². The van der Waals surface area contributed by atoms with Crippen molar-refractivity contribution < 1.29 is 19.7 Å². The molecule has 0 aromatic heterocycles. The molecular weight excluding hydrogens is 148 g/mol. The fourth-order valence-electron chi connectivity index (χ4n) is 0.538. The number of rotatable bonds is 7. The molecule has 0 aromatic rings. The Bertz CT molecular complexity index is 74.8. The van der Waals surface area contributed by atoms with Crippen molar-refractivity contribution in [2.75, 3.05) is 33.0 Å². The van der Waals surface area contributed by atoms with Crippen LogP contribution in [0, 0.1) is 0 Å². The van der Waals surface area contributed by atoms with Crippen molar-refractivity contribution >= 4 is 0 Å². The molecular formula is C7H16O4. The molecule has 0 saturated heterocycles. The smallest absolute Gasteiger partial charge is 0.0745 e. The average molecular weight is 164 g/mol. The molecule has 0 radical (unpaired) electrons. The molecule has 68 valence electrons. The monoisotopic (exact) mass is 164 g/mol. The predicted molar refractivity (Wildman–Crippen MR) is 40.4 cm³/mol. The van der Waals surface area contributed by atoms with E-state index in [1.165, 1.54) is 0 Å². The van der Waals surface area contributed by atoms with Gasteiger partial charge in [-0.1, -0.05) is 0 Å². The molecule has 4 heteroatoms. The van der Waals surface area contributed by atoms with Crippen LogP contribution in [0.3, 0.4) is 0 Å². The van der Waals surface area contributed by atoms with Gasteiger partial charge in [0.15, 0.2) is 0 Å². The quantitative estimate of drug-likeness (QED) is 0.493. The van der Waals surface area contributed by atoms with Crippen LogP contribution in [0.2, 0.25) is 0 Å². The highest BCUT2D eigenvalue weighted by Crippen LogP contribution is 1.83. The molecule has 0 rings (SSSR count). The van der Waals surface area contributed by atoms with E-state index in [1.54, 1.807) is 6.92 Å². The number of aliphatic hydroxyl groups is 2. The van der Waals surface area contributed by atoms with Crippen molar-refractivity contribution in [3.63, 3.8) is 0 Å². The van der Waals surface area contributed by atoms with Crippen molar-refractivity contribution in [1.29, 1.82) is 0 Å². The summed E-state index contributed by atoms with van der Waals surface area (Å²) in [6.45, 7) is 3.31. The zero-order chi connectivity index (χ0) is 8.53. The molecule has 0 fully saturated rings. The minimum Gasteiger partial charge on any atom is -0.394 e. The number of ether oxygens (including phenoxy) is 2. The highest BCUT2D eigenvalue weighted by molar-refractivity contribution is 4.40. The molecule has 0 heterocycles. The van der Waals surface area contributed by atoms with Crippen LogP contribution in [0.4, 0.5) is 0 Å². The van der Waals surface area contributed by atoms with Crippen molar-refractivity contribution in [3.05, 3.63) is 0 Å². The molecule has 0 aromatic carbocycles. The van der Waals surface area contributed by atoms with E-state index in [4.69, 9.17) is 19.7 Å². The van der Waals surface area contributed by atoms with E-state index < -0.39 is 6.10 Å². The highest BCUT2D eigenvalue weighted by atomic mass is 16.5. The van der Waals surface area contributed by atoms with Crippen LogP contribution in [-0.2, 0) is 9.47 Å². The molecule has 1 atom stereocenters. The molecule has 0 aliphatic rings. The first-order chi connectivity index (χ1) is 5.27. The summed E-state index contributed by atoms with van der Waals surface area (Å²) in [5.74, 6) is 0. The molecule has 2 N–H and O–H groups in total. The van der Waals surface area contributed by atoms with Crippen LogP contribution in [0.25, 0.3) is 0 Å².